The summed E-state index contributed by atoms with van der Waals surface area (Å²) in [5, 5.41) is 2.83. The second-order valence-electron chi connectivity index (χ2n) is 5.71. The van der Waals surface area contributed by atoms with Gasteiger partial charge < -0.3 is 16.0 Å². The van der Waals surface area contributed by atoms with Gasteiger partial charge >= 0.3 is 0 Å². The molecule has 2 amide bonds. The van der Waals surface area contributed by atoms with Gasteiger partial charge in [0.25, 0.3) is 0 Å². The van der Waals surface area contributed by atoms with Crippen molar-refractivity contribution in [1.82, 2.24) is 10.2 Å². The van der Waals surface area contributed by atoms with Crippen molar-refractivity contribution in [3.05, 3.63) is 0 Å². The molecule has 5 heteroatoms. The zero-order valence-electron chi connectivity index (χ0n) is 12.2. The van der Waals surface area contributed by atoms with Gasteiger partial charge in [-0.2, -0.15) is 0 Å². The topological polar surface area (TPSA) is 75.4 Å². The summed E-state index contributed by atoms with van der Waals surface area (Å²) in [4.78, 5) is 24.6. The van der Waals surface area contributed by atoms with Crippen LogP contribution in [0, 0.1) is 11.8 Å². The predicted octanol–water partition coefficient (Wildman–Crippen LogP) is 0.736. The van der Waals surface area contributed by atoms with E-state index in [1.807, 2.05) is 0 Å². The van der Waals surface area contributed by atoms with Gasteiger partial charge in [-0.1, -0.05) is 0 Å². The second-order valence-corrected chi connectivity index (χ2v) is 5.71. The largest absolute Gasteiger partial charge is 0.356 e. The molecule has 0 radical (unpaired) electrons. The number of hydrogen-bond acceptors (Lipinski definition) is 3. The van der Waals surface area contributed by atoms with Crippen molar-refractivity contribution in [2.45, 2.75) is 38.5 Å². The van der Waals surface area contributed by atoms with Gasteiger partial charge in [0.05, 0.1) is 0 Å². The summed E-state index contributed by atoms with van der Waals surface area (Å²) in [5.74, 6) is 1.26. The van der Waals surface area contributed by atoms with Gasteiger partial charge in [-0.25, -0.2) is 0 Å². The van der Waals surface area contributed by atoms with Crippen molar-refractivity contribution in [2.75, 3.05) is 27.2 Å². The Morgan fingerprint density at radius 3 is 2.26 bits per heavy atom. The van der Waals surface area contributed by atoms with E-state index < -0.39 is 0 Å². The molecular formula is C14H27N3O2. The van der Waals surface area contributed by atoms with Crippen LogP contribution in [-0.2, 0) is 9.59 Å². The normalized spacial score (nSPS) is 22.9. The zero-order chi connectivity index (χ0) is 14.3. The molecule has 0 unspecified atom stereocenters. The lowest BCUT2D eigenvalue weighted by atomic mass is 9.80. The maximum absolute atomic E-state index is 11.8. The van der Waals surface area contributed by atoms with Crippen LogP contribution in [0.3, 0.4) is 0 Å². The van der Waals surface area contributed by atoms with E-state index in [-0.39, 0.29) is 11.8 Å². The molecule has 1 rings (SSSR count). The van der Waals surface area contributed by atoms with Gasteiger partial charge in [-0.15, -0.1) is 0 Å². The third-order valence-corrected chi connectivity index (χ3v) is 3.93. The summed E-state index contributed by atoms with van der Waals surface area (Å²) >= 11 is 0. The van der Waals surface area contributed by atoms with E-state index in [1.165, 1.54) is 0 Å². The minimum Gasteiger partial charge on any atom is -0.356 e. The fraction of sp³-hybridized carbons (Fsp3) is 0.857. The minimum atomic E-state index is 0.0451. The third-order valence-electron chi connectivity index (χ3n) is 3.93. The Labute approximate surface area is 115 Å². The number of amides is 2. The van der Waals surface area contributed by atoms with Gasteiger partial charge in [-0.05, 0) is 44.1 Å². The molecule has 0 aliphatic heterocycles. The summed E-state index contributed by atoms with van der Waals surface area (Å²) in [6.07, 6.45) is 5.46. The standard InChI is InChI=1S/C14H27N3O2/c1-17(2)14(19)7-8-16-13(18)9-11-3-5-12(10-15)6-4-11/h11-12H,3-10,15H2,1-2H3,(H,16,18). The molecule has 110 valence electrons. The summed E-state index contributed by atoms with van der Waals surface area (Å²) in [6, 6.07) is 0. The van der Waals surface area contributed by atoms with Crippen molar-refractivity contribution in [3.63, 3.8) is 0 Å². The first kappa shape index (κ1) is 16.0. The van der Waals surface area contributed by atoms with E-state index in [2.05, 4.69) is 5.32 Å². The zero-order valence-corrected chi connectivity index (χ0v) is 12.2. The number of nitrogens with one attached hydrogen (secondary N) is 1. The van der Waals surface area contributed by atoms with E-state index in [0.29, 0.717) is 31.2 Å². The highest BCUT2D eigenvalue weighted by atomic mass is 16.2. The highest BCUT2D eigenvalue weighted by Gasteiger charge is 2.22. The summed E-state index contributed by atoms with van der Waals surface area (Å²) < 4.78 is 0. The maximum atomic E-state index is 11.8. The van der Waals surface area contributed by atoms with Crippen molar-refractivity contribution in [2.24, 2.45) is 17.6 Å². The quantitative estimate of drug-likeness (QED) is 0.746. The Morgan fingerprint density at radius 1 is 1.16 bits per heavy atom. The summed E-state index contributed by atoms with van der Waals surface area (Å²) in [5.41, 5.74) is 5.65. The van der Waals surface area contributed by atoms with Crippen LogP contribution in [0.25, 0.3) is 0 Å². The average molecular weight is 269 g/mol. The first-order chi connectivity index (χ1) is 9.02. The molecule has 0 aromatic heterocycles. The molecule has 0 bridgehead atoms. The van der Waals surface area contributed by atoms with E-state index in [4.69, 9.17) is 5.73 Å². The van der Waals surface area contributed by atoms with Gasteiger partial charge in [-0.3, -0.25) is 9.59 Å². The molecule has 1 aliphatic rings. The van der Waals surface area contributed by atoms with E-state index >= 15 is 0 Å². The summed E-state index contributed by atoms with van der Waals surface area (Å²) in [6.45, 7) is 1.21. The predicted molar refractivity (Wildman–Crippen MR) is 75.4 cm³/mol. The lowest BCUT2D eigenvalue weighted by Gasteiger charge is -2.27. The number of carbonyl (C=O) groups is 2. The van der Waals surface area contributed by atoms with Crippen molar-refractivity contribution in [1.29, 1.82) is 0 Å². The molecular weight excluding hydrogens is 242 g/mol. The monoisotopic (exact) mass is 269 g/mol. The molecule has 0 heterocycles. The molecule has 0 spiro atoms. The molecule has 0 saturated heterocycles. The van der Waals surface area contributed by atoms with E-state index in [9.17, 15) is 9.59 Å². The number of nitrogens with zero attached hydrogens (tertiary/aromatic N) is 1. The van der Waals surface area contributed by atoms with Crippen LogP contribution in [0.15, 0.2) is 0 Å². The van der Waals surface area contributed by atoms with Gasteiger partial charge in [0, 0.05) is 33.5 Å². The van der Waals surface area contributed by atoms with Crippen molar-refractivity contribution >= 4 is 11.8 Å². The molecule has 1 fully saturated rings. The third kappa shape index (κ3) is 6.05. The Balaban J connectivity index is 2.13. The Morgan fingerprint density at radius 2 is 1.74 bits per heavy atom. The number of rotatable bonds is 6. The Bertz CT molecular complexity index is 297. The molecule has 19 heavy (non-hydrogen) atoms. The average Bonchev–Trinajstić information content (AvgIpc) is 2.39. The first-order valence-corrected chi connectivity index (χ1v) is 7.19. The minimum absolute atomic E-state index is 0.0451. The Hall–Kier alpha value is -1.10. The van der Waals surface area contributed by atoms with Crippen molar-refractivity contribution < 1.29 is 9.59 Å². The molecule has 0 aromatic rings. The second kappa shape index (κ2) is 8.15. The first-order valence-electron chi connectivity index (χ1n) is 7.19. The van der Waals surface area contributed by atoms with E-state index in [0.717, 1.165) is 32.2 Å². The fourth-order valence-electron chi connectivity index (χ4n) is 2.54. The SMILES string of the molecule is CN(C)C(=O)CCNC(=O)CC1CCC(CN)CC1. The van der Waals surface area contributed by atoms with Crippen LogP contribution in [0.4, 0.5) is 0 Å². The molecule has 5 nitrogen and oxygen atoms in total. The van der Waals surface area contributed by atoms with E-state index in [1.54, 1.807) is 19.0 Å². The summed E-state index contributed by atoms with van der Waals surface area (Å²) in [7, 11) is 3.44. The van der Waals surface area contributed by atoms with Crippen LogP contribution in [0.5, 0.6) is 0 Å². The fourth-order valence-corrected chi connectivity index (χ4v) is 2.54. The highest BCUT2D eigenvalue weighted by Crippen LogP contribution is 2.29. The smallest absolute Gasteiger partial charge is 0.223 e. The number of hydrogen-bond donors (Lipinski definition) is 2. The van der Waals surface area contributed by atoms with Crippen LogP contribution < -0.4 is 11.1 Å². The molecule has 1 aliphatic carbocycles. The maximum Gasteiger partial charge on any atom is 0.223 e. The molecule has 0 atom stereocenters. The molecule has 0 aromatic carbocycles. The molecule has 1 saturated carbocycles. The van der Waals surface area contributed by atoms with Gasteiger partial charge in [0.15, 0.2) is 0 Å². The van der Waals surface area contributed by atoms with Gasteiger partial charge in [0.2, 0.25) is 11.8 Å². The lowest BCUT2D eigenvalue weighted by molar-refractivity contribution is -0.128. The van der Waals surface area contributed by atoms with Crippen LogP contribution in [0.2, 0.25) is 0 Å². The highest BCUT2D eigenvalue weighted by molar-refractivity contribution is 5.78. The number of carbonyl (C=O) groups excluding carboxylic acids is 2. The van der Waals surface area contributed by atoms with Crippen LogP contribution in [-0.4, -0.2) is 43.9 Å². The molecule has 3 N–H and O–H groups in total. The van der Waals surface area contributed by atoms with Crippen molar-refractivity contribution in [3.8, 4) is 0 Å². The number of nitrogens with two attached hydrogens (primary N) is 1. The van der Waals surface area contributed by atoms with Crippen LogP contribution >= 0.6 is 0 Å². The lowest BCUT2D eigenvalue weighted by Crippen LogP contribution is -2.32. The Kier molecular flexibility index (Phi) is 6.84. The van der Waals surface area contributed by atoms with Crippen LogP contribution in [0.1, 0.15) is 38.5 Å². The van der Waals surface area contributed by atoms with Gasteiger partial charge in [0.1, 0.15) is 0 Å².